The van der Waals surface area contributed by atoms with Crippen molar-refractivity contribution in [3.63, 3.8) is 0 Å². The lowest BCUT2D eigenvalue weighted by atomic mass is 10.0. The van der Waals surface area contributed by atoms with Crippen LogP contribution in [0.5, 0.6) is 5.75 Å². The zero-order valence-electron chi connectivity index (χ0n) is 9.45. The van der Waals surface area contributed by atoms with Crippen molar-refractivity contribution in [1.29, 1.82) is 0 Å². The topological polar surface area (TPSA) is 44.5 Å². The van der Waals surface area contributed by atoms with Gasteiger partial charge in [0.1, 0.15) is 5.75 Å². The Balaban J connectivity index is 2.83. The van der Waals surface area contributed by atoms with Crippen molar-refractivity contribution in [2.75, 3.05) is 20.8 Å². The molecule has 0 radical (unpaired) electrons. The van der Waals surface area contributed by atoms with Crippen LogP contribution in [-0.2, 0) is 17.8 Å². The molecule has 0 heterocycles. The minimum Gasteiger partial charge on any atom is -0.497 e. The Labute approximate surface area is 91.2 Å². The quantitative estimate of drug-likeness (QED) is 0.776. The molecule has 0 bridgehead atoms. The van der Waals surface area contributed by atoms with Crippen LogP contribution >= 0.6 is 0 Å². The normalized spacial score (nSPS) is 10.3. The molecule has 0 saturated carbocycles. The van der Waals surface area contributed by atoms with Gasteiger partial charge in [0.05, 0.1) is 13.7 Å². The zero-order valence-corrected chi connectivity index (χ0v) is 9.45. The second-order valence-electron chi connectivity index (χ2n) is 3.46. The molecular formula is C12H19NO2. The van der Waals surface area contributed by atoms with Crippen molar-refractivity contribution in [2.45, 2.75) is 19.4 Å². The first-order valence-corrected chi connectivity index (χ1v) is 5.16. The van der Waals surface area contributed by atoms with E-state index in [-0.39, 0.29) is 0 Å². The number of methoxy groups -OCH3 is 2. The molecule has 84 valence electrons. The maximum Gasteiger partial charge on any atom is 0.119 e. The Bertz CT molecular complexity index is 300. The molecule has 1 aromatic rings. The highest BCUT2D eigenvalue weighted by molar-refractivity contribution is 5.35. The molecule has 15 heavy (non-hydrogen) atoms. The molecular weight excluding hydrogens is 190 g/mol. The van der Waals surface area contributed by atoms with Crippen LogP contribution in [-0.4, -0.2) is 20.8 Å². The van der Waals surface area contributed by atoms with E-state index in [4.69, 9.17) is 15.2 Å². The van der Waals surface area contributed by atoms with E-state index in [0.29, 0.717) is 13.2 Å². The van der Waals surface area contributed by atoms with E-state index in [1.165, 1.54) is 11.1 Å². The molecule has 1 rings (SSSR count). The largest absolute Gasteiger partial charge is 0.497 e. The number of hydrogen-bond donors (Lipinski definition) is 1. The van der Waals surface area contributed by atoms with Gasteiger partial charge in [-0.2, -0.15) is 0 Å². The van der Waals surface area contributed by atoms with Crippen LogP contribution in [0.25, 0.3) is 0 Å². The summed E-state index contributed by atoms with van der Waals surface area (Å²) in [6.45, 7) is 1.35. The third kappa shape index (κ3) is 3.53. The highest BCUT2D eigenvalue weighted by Crippen LogP contribution is 2.19. The van der Waals surface area contributed by atoms with Crippen LogP contribution in [0.4, 0.5) is 0 Å². The molecule has 0 unspecified atom stereocenters. The summed E-state index contributed by atoms with van der Waals surface area (Å²) in [4.78, 5) is 0. The fourth-order valence-corrected chi connectivity index (χ4v) is 1.55. The summed E-state index contributed by atoms with van der Waals surface area (Å²) in [6, 6.07) is 6.07. The number of hydrogen-bond acceptors (Lipinski definition) is 3. The number of nitrogens with two attached hydrogens (primary N) is 1. The van der Waals surface area contributed by atoms with Gasteiger partial charge in [-0.3, -0.25) is 0 Å². The van der Waals surface area contributed by atoms with Gasteiger partial charge < -0.3 is 15.2 Å². The third-order valence-corrected chi connectivity index (χ3v) is 2.36. The van der Waals surface area contributed by atoms with E-state index in [1.54, 1.807) is 14.2 Å². The van der Waals surface area contributed by atoms with Gasteiger partial charge in [0.2, 0.25) is 0 Å². The van der Waals surface area contributed by atoms with Gasteiger partial charge in [0.25, 0.3) is 0 Å². The summed E-state index contributed by atoms with van der Waals surface area (Å²) in [6.07, 6.45) is 1.97. The minimum atomic E-state index is 0.643. The van der Waals surface area contributed by atoms with E-state index in [2.05, 4.69) is 6.07 Å². The Morgan fingerprint density at radius 1 is 1.20 bits per heavy atom. The van der Waals surface area contributed by atoms with Crippen molar-refractivity contribution in [1.82, 2.24) is 0 Å². The van der Waals surface area contributed by atoms with E-state index < -0.39 is 0 Å². The second kappa shape index (κ2) is 6.43. The molecule has 0 saturated heterocycles. The SMILES string of the molecule is COCc1ccc(OC)cc1CCCN. The lowest BCUT2D eigenvalue weighted by Gasteiger charge is -2.10. The minimum absolute atomic E-state index is 0.643. The number of ether oxygens (including phenoxy) is 2. The summed E-state index contributed by atoms with van der Waals surface area (Å²) < 4.78 is 10.3. The molecule has 2 N–H and O–H groups in total. The first-order chi connectivity index (χ1) is 7.31. The Kier molecular flexibility index (Phi) is 5.15. The lowest BCUT2D eigenvalue weighted by molar-refractivity contribution is 0.184. The van der Waals surface area contributed by atoms with Gasteiger partial charge in [0.15, 0.2) is 0 Å². The fourth-order valence-electron chi connectivity index (χ4n) is 1.55. The first-order valence-electron chi connectivity index (χ1n) is 5.16. The zero-order chi connectivity index (χ0) is 11.1. The monoisotopic (exact) mass is 209 g/mol. The van der Waals surface area contributed by atoms with Crippen molar-refractivity contribution < 1.29 is 9.47 Å². The Hall–Kier alpha value is -1.06. The van der Waals surface area contributed by atoms with Gasteiger partial charge >= 0.3 is 0 Å². The number of benzene rings is 1. The predicted octanol–water partition coefficient (Wildman–Crippen LogP) is 1.73. The standard InChI is InChI=1S/C12H19NO2/c1-14-9-11-5-6-12(15-2)8-10(11)4-3-7-13/h5-6,8H,3-4,7,9,13H2,1-2H3. The smallest absolute Gasteiger partial charge is 0.119 e. The molecule has 0 aliphatic rings. The van der Waals surface area contributed by atoms with Crippen molar-refractivity contribution in [3.05, 3.63) is 29.3 Å². The molecule has 3 nitrogen and oxygen atoms in total. The highest BCUT2D eigenvalue weighted by Gasteiger charge is 2.03. The number of aryl methyl sites for hydroxylation is 1. The summed E-state index contributed by atoms with van der Waals surface area (Å²) in [5.74, 6) is 0.891. The molecule has 0 amide bonds. The molecule has 0 spiro atoms. The molecule has 1 aromatic carbocycles. The third-order valence-electron chi connectivity index (χ3n) is 2.36. The highest BCUT2D eigenvalue weighted by atomic mass is 16.5. The molecule has 0 aromatic heterocycles. The molecule has 0 atom stereocenters. The lowest BCUT2D eigenvalue weighted by Crippen LogP contribution is -2.03. The summed E-state index contributed by atoms with van der Waals surface area (Å²) >= 11 is 0. The van der Waals surface area contributed by atoms with Crippen LogP contribution in [0.3, 0.4) is 0 Å². The Morgan fingerprint density at radius 2 is 2.00 bits per heavy atom. The van der Waals surface area contributed by atoms with Gasteiger partial charge in [-0.15, -0.1) is 0 Å². The van der Waals surface area contributed by atoms with Crippen LogP contribution < -0.4 is 10.5 Å². The van der Waals surface area contributed by atoms with Crippen LogP contribution in [0, 0.1) is 0 Å². The van der Waals surface area contributed by atoms with Crippen LogP contribution in [0.15, 0.2) is 18.2 Å². The molecule has 0 aliphatic heterocycles. The summed E-state index contributed by atoms with van der Waals surface area (Å²) in [7, 11) is 3.38. The fraction of sp³-hybridized carbons (Fsp3) is 0.500. The van der Waals surface area contributed by atoms with E-state index in [1.807, 2.05) is 12.1 Å². The summed E-state index contributed by atoms with van der Waals surface area (Å²) in [5.41, 5.74) is 7.99. The van der Waals surface area contributed by atoms with E-state index in [0.717, 1.165) is 18.6 Å². The van der Waals surface area contributed by atoms with Gasteiger partial charge in [-0.05, 0) is 42.6 Å². The predicted molar refractivity (Wildman–Crippen MR) is 61.1 cm³/mol. The first kappa shape index (κ1) is 12.0. The number of rotatable bonds is 6. The van der Waals surface area contributed by atoms with Gasteiger partial charge in [-0.25, -0.2) is 0 Å². The molecule has 0 fully saturated rings. The van der Waals surface area contributed by atoms with Gasteiger partial charge in [-0.1, -0.05) is 6.07 Å². The van der Waals surface area contributed by atoms with Crippen LogP contribution in [0.2, 0.25) is 0 Å². The van der Waals surface area contributed by atoms with E-state index in [9.17, 15) is 0 Å². The van der Waals surface area contributed by atoms with Crippen molar-refractivity contribution >= 4 is 0 Å². The average Bonchev–Trinajstić information content (AvgIpc) is 2.28. The van der Waals surface area contributed by atoms with Gasteiger partial charge in [0, 0.05) is 7.11 Å². The van der Waals surface area contributed by atoms with E-state index >= 15 is 0 Å². The average molecular weight is 209 g/mol. The second-order valence-corrected chi connectivity index (χ2v) is 3.46. The maximum absolute atomic E-state index is 5.51. The molecule has 0 aliphatic carbocycles. The maximum atomic E-state index is 5.51. The summed E-state index contributed by atoms with van der Waals surface area (Å²) in [5, 5.41) is 0. The Morgan fingerprint density at radius 3 is 2.60 bits per heavy atom. The molecule has 3 heteroatoms. The van der Waals surface area contributed by atoms with Crippen molar-refractivity contribution in [2.24, 2.45) is 5.73 Å². The van der Waals surface area contributed by atoms with Crippen LogP contribution in [0.1, 0.15) is 17.5 Å². The van der Waals surface area contributed by atoms with Crippen molar-refractivity contribution in [3.8, 4) is 5.75 Å².